The van der Waals surface area contributed by atoms with E-state index in [0.717, 1.165) is 0 Å². The van der Waals surface area contributed by atoms with Crippen molar-refractivity contribution in [2.75, 3.05) is 6.54 Å². The Labute approximate surface area is 115 Å². The van der Waals surface area contributed by atoms with E-state index in [1.165, 1.54) is 19.1 Å². The summed E-state index contributed by atoms with van der Waals surface area (Å²) in [5, 5.41) is 22.1. The number of aryl methyl sites for hydroxylation is 1. The predicted octanol–water partition coefficient (Wildman–Crippen LogP) is 1.74. The number of amides is 1. The number of carbonyl (C=O) groups is 2. The fraction of sp³-hybridized carbons (Fsp3) is 0.385. The molecule has 0 aliphatic heterocycles. The van der Waals surface area contributed by atoms with Crippen molar-refractivity contribution in [3.63, 3.8) is 0 Å². The highest BCUT2D eigenvalue weighted by Gasteiger charge is 2.22. The summed E-state index contributed by atoms with van der Waals surface area (Å²) in [5.41, 5.74) is 0.261. The lowest BCUT2D eigenvalue weighted by atomic mass is 10.1. The molecule has 0 heterocycles. The van der Waals surface area contributed by atoms with E-state index >= 15 is 0 Å². The molecule has 108 valence electrons. The molecule has 7 nitrogen and oxygen atoms in total. The standard InChI is InChI=1S/C13H16N2O5/c1-8-4-3-5-10(15(19)20)11(8)12(16)14-7-6-9(2)13(17)18/h3-5,9H,6-7H2,1-2H3,(H,14,16)(H,17,18). The Morgan fingerprint density at radius 3 is 2.65 bits per heavy atom. The molecule has 0 saturated heterocycles. The molecule has 1 aromatic carbocycles. The van der Waals surface area contributed by atoms with Gasteiger partial charge in [0.25, 0.3) is 11.6 Å². The largest absolute Gasteiger partial charge is 0.481 e. The number of nitro benzene ring substituents is 1. The number of nitrogens with one attached hydrogen (secondary N) is 1. The Morgan fingerprint density at radius 1 is 1.45 bits per heavy atom. The molecule has 1 unspecified atom stereocenters. The molecule has 20 heavy (non-hydrogen) atoms. The van der Waals surface area contributed by atoms with Crippen molar-refractivity contribution >= 4 is 17.6 Å². The van der Waals surface area contributed by atoms with E-state index < -0.39 is 22.7 Å². The normalized spacial score (nSPS) is 11.7. The van der Waals surface area contributed by atoms with Crippen LogP contribution in [0.5, 0.6) is 0 Å². The van der Waals surface area contributed by atoms with E-state index in [1.54, 1.807) is 13.0 Å². The van der Waals surface area contributed by atoms with Crippen LogP contribution in [0.1, 0.15) is 29.3 Å². The number of hydrogen-bond donors (Lipinski definition) is 2. The third-order valence-electron chi connectivity index (χ3n) is 2.96. The third-order valence-corrected chi connectivity index (χ3v) is 2.96. The van der Waals surface area contributed by atoms with Crippen molar-refractivity contribution in [3.05, 3.63) is 39.4 Å². The molecule has 0 aromatic heterocycles. The summed E-state index contributed by atoms with van der Waals surface area (Å²) in [7, 11) is 0. The van der Waals surface area contributed by atoms with Gasteiger partial charge in [-0.15, -0.1) is 0 Å². The summed E-state index contributed by atoms with van der Waals surface area (Å²) < 4.78 is 0. The highest BCUT2D eigenvalue weighted by molar-refractivity contribution is 5.99. The first-order valence-electron chi connectivity index (χ1n) is 6.09. The lowest BCUT2D eigenvalue weighted by Gasteiger charge is -2.09. The molecule has 0 radical (unpaired) electrons. The zero-order valence-electron chi connectivity index (χ0n) is 11.3. The molecular weight excluding hydrogens is 264 g/mol. The molecule has 1 aromatic rings. The van der Waals surface area contributed by atoms with Crippen LogP contribution in [0.4, 0.5) is 5.69 Å². The van der Waals surface area contributed by atoms with Gasteiger partial charge in [0.05, 0.1) is 10.8 Å². The van der Waals surface area contributed by atoms with Crippen LogP contribution in [0.25, 0.3) is 0 Å². The quantitative estimate of drug-likeness (QED) is 0.609. The van der Waals surface area contributed by atoms with E-state index in [0.29, 0.717) is 5.56 Å². The van der Waals surface area contributed by atoms with Crippen LogP contribution in [-0.2, 0) is 4.79 Å². The monoisotopic (exact) mass is 280 g/mol. The number of nitro groups is 1. The average molecular weight is 280 g/mol. The molecule has 0 fully saturated rings. The SMILES string of the molecule is Cc1cccc([N+](=O)[O-])c1C(=O)NCCC(C)C(=O)O. The zero-order chi connectivity index (χ0) is 15.3. The second-order valence-electron chi connectivity index (χ2n) is 4.51. The van der Waals surface area contributed by atoms with Crippen molar-refractivity contribution < 1.29 is 19.6 Å². The van der Waals surface area contributed by atoms with Crippen LogP contribution in [0.2, 0.25) is 0 Å². The predicted molar refractivity (Wildman–Crippen MR) is 71.6 cm³/mol. The van der Waals surface area contributed by atoms with Crippen molar-refractivity contribution in [2.24, 2.45) is 5.92 Å². The molecule has 1 rings (SSSR count). The lowest BCUT2D eigenvalue weighted by Crippen LogP contribution is -2.28. The van der Waals surface area contributed by atoms with Gasteiger partial charge in [-0.25, -0.2) is 0 Å². The van der Waals surface area contributed by atoms with Gasteiger partial charge < -0.3 is 10.4 Å². The minimum absolute atomic E-state index is 0.0143. The summed E-state index contributed by atoms with van der Waals surface area (Å²) in [5.74, 6) is -2.09. The van der Waals surface area contributed by atoms with Crippen molar-refractivity contribution in [2.45, 2.75) is 20.3 Å². The highest BCUT2D eigenvalue weighted by Crippen LogP contribution is 2.21. The summed E-state index contributed by atoms with van der Waals surface area (Å²) in [6, 6.07) is 4.39. The van der Waals surface area contributed by atoms with Gasteiger partial charge in [-0.1, -0.05) is 19.1 Å². The fourth-order valence-electron chi connectivity index (χ4n) is 1.71. The van der Waals surface area contributed by atoms with E-state index in [9.17, 15) is 19.7 Å². The van der Waals surface area contributed by atoms with Crippen LogP contribution in [-0.4, -0.2) is 28.5 Å². The van der Waals surface area contributed by atoms with Crippen molar-refractivity contribution in [3.8, 4) is 0 Å². The number of benzene rings is 1. The Hall–Kier alpha value is -2.44. The smallest absolute Gasteiger partial charge is 0.306 e. The maximum atomic E-state index is 12.0. The first-order chi connectivity index (χ1) is 9.34. The summed E-state index contributed by atoms with van der Waals surface area (Å²) in [6.45, 7) is 3.30. The Morgan fingerprint density at radius 2 is 2.10 bits per heavy atom. The average Bonchev–Trinajstić information content (AvgIpc) is 2.37. The number of nitrogens with zero attached hydrogens (tertiary/aromatic N) is 1. The van der Waals surface area contributed by atoms with Crippen LogP contribution in [0.15, 0.2) is 18.2 Å². The van der Waals surface area contributed by atoms with Gasteiger partial charge in [0.2, 0.25) is 0 Å². The Bertz CT molecular complexity index is 542. The van der Waals surface area contributed by atoms with Crippen LogP contribution in [0, 0.1) is 23.0 Å². The molecule has 0 aliphatic rings. The minimum atomic E-state index is -0.943. The summed E-state index contributed by atoms with van der Waals surface area (Å²) in [4.78, 5) is 32.9. The van der Waals surface area contributed by atoms with E-state index in [4.69, 9.17) is 5.11 Å². The maximum absolute atomic E-state index is 12.0. The number of carbonyl (C=O) groups excluding carboxylic acids is 1. The zero-order valence-corrected chi connectivity index (χ0v) is 11.3. The Balaban J connectivity index is 2.78. The van der Waals surface area contributed by atoms with E-state index in [-0.39, 0.29) is 24.2 Å². The van der Waals surface area contributed by atoms with Gasteiger partial charge in [0, 0.05) is 12.6 Å². The molecular formula is C13H16N2O5. The Kier molecular flexibility index (Phi) is 5.19. The topological polar surface area (TPSA) is 110 Å². The highest BCUT2D eigenvalue weighted by atomic mass is 16.6. The van der Waals surface area contributed by atoms with Gasteiger partial charge in [0.15, 0.2) is 0 Å². The maximum Gasteiger partial charge on any atom is 0.306 e. The molecule has 1 amide bonds. The van der Waals surface area contributed by atoms with Crippen molar-refractivity contribution in [1.82, 2.24) is 5.32 Å². The molecule has 0 aliphatic carbocycles. The third kappa shape index (κ3) is 3.78. The fourth-order valence-corrected chi connectivity index (χ4v) is 1.71. The van der Waals surface area contributed by atoms with Gasteiger partial charge in [-0.3, -0.25) is 19.7 Å². The second-order valence-corrected chi connectivity index (χ2v) is 4.51. The van der Waals surface area contributed by atoms with E-state index in [1.807, 2.05) is 0 Å². The van der Waals surface area contributed by atoms with Gasteiger partial charge >= 0.3 is 5.97 Å². The number of carboxylic acids is 1. The van der Waals surface area contributed by atoms with Crippen LogP contribution in [0.3, 0.4) is 0 Å². The van der Waals surface area contributed by atoms with Crippen LogP contribution < -0.4 is 5.32 Å². The molecule has 0 spiro atoms. The first-order valence-corrected chi connectivity index (χ1v) is 6.09. The molecule has 7 heteroatoms. The molecule has 1 atom stereocenters. The first kappa shape index (κ1) is 15.6. The van der Waals surface area contributed by atoms with Gasteiger partial charge in [-0.05, 0) is 18.9 Å². The van der Waals surface area contributed by atoms with Gasteiger partial charge in [-0.2, -0.15) is 0 Å². The minimum Gasteiger partial charge on any atom is -0.481 e. The van der Waals surface area contributed by atoms with Crippen LogP contribution >= 0.6 is 0 Å². The number of rotatable bonds is 6. The summed E-state index contributed by atoms with van der Waals surface area (Å²) >= 11 is 0. The number of aliphatic carboxylic acids is 1. The summed E-state index contributed by atoms with van der Waals surface area (Å²) in [6.07, 6.45) is 0.265. The second kappa shape index (κ2) is 6.65. The molecule has 0 saturated carbocycles. The number of carboxylic acid groups (broad SMARTS) is 1. The number of hydrogen-bond acceptors (Lipinski definition) is 4. The molecule has 2 N–H and O–H groups in total. The van der Waals surface area contributed by atoms with Crippen molar-refractivity contribution in [1.29, 1.82) is 0 Å². The van der Waals surface area contributed by atoms with E-state index in [2.05, 4.69) is 5.32 Å². The van der Waals surface area contributed by atoms with Gasteiger partial charge in [0.1, 0.15) is 5.56 Å². The lowest BCUT2D eigenvalue weighted by molar-refractivity contribution is -0.385. The molecule has 0 bridgehead atoms.